The smallest absolute Gasteiger partial charge is 0.244 e. The van der Waals surface area contributed by atoms with Crippen LogP contribution in [0.3, 0.4) is 0 Å². The summed E-state index contributed by atoms with van der Waals surface area (Å²) < 4.78 is 14.9. The molecule has 5 heteroatoms. The number of allylic oxidation sites excluding steroid dienone is 1. The molecule has 0 fully saturated rings. The van der Waals surface area contributed by atoms with Crippen LogP contribution in [0.1, 0.15) is 24.5 Å². The average molecular weight is 301 g/mol. The molecule has 0 unspecified atom stereocenters. The number of benzene rings is 1. The predicted molar refractivity (Wildman–Crippen MR) is 84.6 cm³/mol. The van der Waals surface area contributed by atoms with E-state index in [1.54, 1.807) is 23.7 Å². The highest BCUT2D eigenvalue weighted by Gasteiger charge is 2.02. The minimum Gasteiger partial charge on any atom is -0.353 e. The van der Waals surface area contributed by atoms with E-state index in [1.165, 1.54) is 18.2 Å². The summed E-state index contributed by atoms with van der Waals surface area (Å²) in [5.41, 5.74) is 2.61. The van der Waals surface area contributed by atoms with Crippen molar-refractivity contribution in [2.75, 3.05) is 6.54 Å². The van der Waals surface area contributed by atoms with Crippen LogP contribution in [0, 0.1) is 5.82 Å². The molecule has 1 aromatic carbocycles. The van der Waals surface area contributed by atoms with Gasteiger partial charge in [-0.2, -0.15) is 5.10 Å². The number of carbonyl (C=O) groups is 1. The third-order valence-corrected chi connectivity index (χ3v) is 3.33. The monoisotopic (exact) mass is 301 g/mol. The Bertz CT molecular complexity index is 676. The molecule has 0 radical (unpaired) electrons. The first-order chi connectivity index (χ1) is 10.5. The van der Waals surface area contributed by atoms with Crippen LogP contribution in [0.25, 0.3) is 5.57 Å². The van der Waals surface area contributed by atoms with Crippen LogP contribution in [-0.2, 0) is 18.3 Å². The van der Waals surface area contributed by atoms with E-state index >= 15 is 0 Å². The van der Waals surface area contributed by atoms with Crippen molar-refractivity contribution in [2.24, 2.45) is 7.05 Å². The summed E-state index contributed by atoms with van der Waals surface area (Å²) in [6.45, 7) is 2.39. The average Bonchev–Trinajstić information content (AvgIpc) is 2.89. The zero-order valence-electron chi connectivity index (χ0n) is 12.8. The van der Waals surface area contributed by atoms with Gasteiger partial charge in [0, 0.05) is 25.9 Å². The van der Waals surface area contributed by atoms with Crippen LogP contribution in [0.4, 0.5) is 4.39 Å². The number of rotatable bonds is 6. The van der Waals surface area contributed by atoms with Crippen LogP contribution in [0.5, 0.6) is 0 Å². The summed E-state index contributed by atoms with van der Waals surface area (Å²) >= 11 is 0. The third-order valence-electron chi connectivity index (χ3n) is 3.33. The molecule has 0 aliphatic carbocycles. The maximum Gasteiger partial charge on any atom is 0.244 e. The van der Waals surface area contributed by atoms with E-state index in [2.05, 4.69) is 10.4 Å². The van der Waals surface area contributed by atoms with Crippen LogP contribution in [0.15, 0.2) is 42.7 Å². The quantitative estimate of drug-likeness (QED) is 0.659. The molecule has 22 heavy (non-hydrogen) atoms. The molecule has 0 bridgehead atoms. The van der Waals surface area contributed by atoms with Gasteiger partial charge in [-0.05, 0) is 48.6 Å². The summed E-state index contributed by atoms with van der Waals surface area (Å²) in [6.07, 6.45) is 7.02. The SMILES string of the molecule is CC(=CC(=O)NCCCc1cnn(C)c1)c1cccc(F)c1. The Labute approximate surface area is 129 Å². The summed E-state index contributed by atoms with van der Waals surface area (Å²) in [5.74, 6) is -0.463. The Hall–Kier alpha value is -2.43. The van der Waals surface area contributed by atoms with E-state index in [0.29, 0.717) is 12.1 Å². The number of aryl methyl sites for hydroxylation is 2. The fraction of sp³-hybridized carbons (Fsp3) is 0.294. The van der Waals surface area contributed by atoms with Gasteiger partial charge in [-0.3, -0.25) is 9.48 Å². The normalized spacial score (nSPS) is 11.5. The molecule has 0 aliphatic heterocycles. The number of nitrogens with zero attached hydrogens (tertiary/aromatic N) is 2. The summed E-state index contributed by atoms with van der Waals surface area (Å²) in [5, 5.41) is 6.94. The van der Waals surface area contributed by atoms with Crippen molar-refractivity contribution in [3.63, 3.8) is 0 Å². The molecule has 1 amide bonds. The molecule has 1 aromatic heterocycles. The van der Waals surface area contributed by atoms with Crippen molar-refractivity contribution in [3.8, 4) is 0 Å². The molecule has 1 heterocycles. The van der Waals surface area contributed by atoms with Crippen molar-refractivity contribution in [3.05, 3.63) is 59.7 Å². The Kier molecular flexibility index (Phi) is 5.47. The van der Waals surface area contributed by atoms with Crippen molar-refractivity contribution in [1.29, 1.82) is 0 Å². The lowest BCUT2D eigenvalue weighted by molar-refractivity contribution is -0.116. The highest BCUT2D eigenvalue weighted by Crippen LogP contribution is 2.14. The predicted octanol–water partition coefficient (Wildman–Crippen LogP) is 2.71. The molecule has 2 rings (SSSR count). The first-order valence-electron chi connectivity index (χ1n) is 7.24. The van der Waals surface area contributed by atoms with E-state index in [9.17, 15) is 9.18 Å². The Balaban J connectivity index is 1.78. The first kappa shape index (κ1) is 15.9. The van der Waals surface area contributed by atoms with Crippen LogP contribution in [-0.4, -0.2) is 22.2 Å². The van der Waals surface area contributed by atoms with Crippen molar-refractivity contribution < 1.29 is 9.18 Å². The Morgan fingerprint density at radius 1 is 1.45 bits per heavy atom. The molecule has 0 saturated carbocycles. The molecule has 0 aliphatic rings. The van der Waals surface area contributed by atoms with Gasteiger partial charge in [-0.15, -0.1) is 0 Å². The largest absolute Gasteiger partial charge is 0.353 e. The molecular weight excluding hydrogens is 281 g/mol. The lowest BCUT2D eigenvalue weighted by Gasteiger charge is -2.04. The molecule has 4 nitrogen and oxygen atoms in total. The molecular formula is C17H20FN3O. The second-order valence-corrected chi connectivity index (χ2v) is 5.25. The number of aromatic nitrogens is 2. The lowest BCUT2D eigenvalue weighted by Crippen LogP contribution is -2.22. The molecule has 0 atom stereocenters. The van der Waals surface area contributed by atoms with Gasteiger partial charge < -0.3 is 5.32 Å². The topological polar surface area (TPSA) is 46.9 Å². The van der Waals surface area contributed by atoms with Gasteiger partial charge >= 0.3 is 0 Å². The van der Waals surface area contributed by atoms with Gasteiger partial charge in [0.25, 0.3) is 0 Å². The fourth-order valence-electron chi connectivity index (χ4n) is 2.17. The number of hydrogen-bond acceptors (Lipinski definition) is 2. The first-order valence-corrected chi connectivity index (χ1v) is 7.24. The highest BCUT2D eigenvalue weighted by atomic mass is 19.1. The van der Waals surface area contributed by atoms with E-state index < -0.39 is 0 Å². The molecule has 0 saturated heterocycles. The lowest BCUT2D eigenvalue weighted by atomic mass is 10.1. The van der Waals surface area contributed by atoms with Gasteiger partial charge in [0.1, 0.15) is 5.82 Å². The Morgan fingerprint density at radius 2 is 2.27 bits per heavy atom. The molecule has 2 aromatic rings. The van der Waals surface area contributed by atoms with Gasteiger partial charge in [-0.25, -0.2) is 4.39 Å². The van der Waals surface area contributed by atoms with Gasteiger partial charge in [0.15, 0.2) is 0 Å². The van der Waals surface area contributed by atoms with Crippen LogP contribution in [0.2, 0.25) is 0 Å². The third kappa shape index (κ3) is 4.84. The summed E-state index contributed by atoms with van der Waals surface area (Å²) in [6, 6.07) is 6.22. The summed E-state index contributed by atoms with van der Waals surface area (Å²) in [4.78, 5) is 11.8. The molecule has 1 N–H and O–H groups in total. The zero-order chi connectivity index (χ0) is 15.9. The van der Waals surface area contributed by atoms with Gasteiger partial charge in [0.05, 0.1) is 6.20 Å². The minimum absolute atomic E-state index is 0.159. The summed E-state index contributed by atoms with van der Waals surface area (Å²) in [7, 11) is 1.88. The Morgan fingerprint density at radius 3 is 2.95 bits per heavy atom. The number of amides is 1. The van der Waals surface area contributed by atoms with Gasteiger partial charge in [-0.1, -0.05) is 12.1 Å². The van der Waals surface area contributed by atoms with E-state index in [0.717, 1.165) is 24.0 Å². The second kappa shape index (κ2) is 7.54. The van der Waals surface area contributed by atoms with Gasteiger partial charge in [0.2, 0.25) is 5.91 Å². The standard InChI is InChI=1S/C17H20FN3O/c1-13(15-6-3-7-16(18)10-15)9-17(22)19-8-4-5-14-11-20-21(2)12-14/h3,6-7,9-12H,4-5,8H2,1-2H3,(H,19,22). The van der Waals surface area contributed by atoms with Crippen LogP contribution >= 0.6 is 0 Å². The van der Waals surface area contributed by atoms with Crippen LogP contribution < -0.4 is 5.32 Å². The molecule has 116 valence electrons. The number of hydrogen-bond donors (Lipinski definition) is 1. The molecule has 0 spiro atoms. The van der Waals surface area contributed by atoms with E-state index in [4.69, 9.17) is 0 Å². The van der Waals surface area contributed by atoms with E-state index in [1.807, 2.05) is 19.4 Å². The van der Waals surface area contributed by atoms with Crippen molar-refractivity contribution in [1.82, 2.24) is 15.1 Å². The minimum atomic E-state index is -0.304. The van der Waals surface area contributed by atoms with E-state index in [-0.39, 0.29) is 11.7 Å². The number of nitrogens with one attached hydrogen (secondary N) is 1. The second-order valence-electron chi connectivity index (χ2n) is 5.25. The number of carbonyl (C=O) groups excluding carboxylic acids is 1. The van der Waals surface area contributed by atoms with Crippen molar-refractivity contribution in [2.45, 2.75) is 19.8 Å². The fourth-order valence-corrected chi connectivity index (χ4v) is 2.17. The van der Waals surface area contributed by atoms with Crippen molar-refractivity contribution >= 4 is 11.5 Å². The number of halogens is 1. The highest BCUT2D eigenvalue weighted by molar-refractivity contribution is 5.94. The zero-order valence-corrected chi connectivity index (χ0v) is 12.8. The maximum absolute atomic E-state index is 13.1. The maximum atomic E-state index is 13.1.